The molecule has 1 N–H and O–H groups in total. The topological polar surface area (TPSA) is 34.0 Å². The van der Waals surface area contributed by atoms with E-state index in [1.54, 1.807) is 48.0 Å². The first-order valence-corrected chi connectivity index (χ1v) is 7.49. The second-order valence-electron chi connectivity index (χ2n) is 4.77. The molecule has 0 saturated carbocycles. The zero-order valence-electron chi connectivity index (χ0n) is 12.1. The lowest BCUT2D eigenvalue weighted by Gasteiger charge is -2.12. The van der Waals surface area contributed by atoms with E-state index in [0.29, 0.717) is 28.0 Å². The van der Waals surface area contributed by atoms with Gasteiger partial charge in [-0.15, -0.1) is 11.8 Å². The lowest BCUT2D eigenvalue weighted by molar-refractivity contribution is -0.105. The Morgan fingerprint density at radius 2 is 1.91 bits per heavy atom. The second-order valence-corrected chi connectivity index (χ2v) is 5.79. The number of rotatable bonds is 4. The highest BCUT2D eigenvalue weighted by Gasteiger charge is 2.27. The van der Waals surface area contributed by atoms with Crippen molar-refractivity contribution in [2.45, 2.75) is 18.0 Å². The Morgan fingerprint density at radius 1 is 1.23 bits per heavy atom. The largest absolute Gasteiger partial charge is 0.398 e. The van der Waals surface area contributed by atoms with Crippen LogP contribution in [0.2, 0.25) is 0 Å². The van der Waals surface area contributed by atoms with E-state index in [9.17, 15) is 18.0 Å². The van der Waals surface area contributed by atoms with E-state index in [4.69, 9.17) is 0 Å². The van der Waals surface area contributed by atoms with Crippen LogP contribution >= 0.6 is 11.8 Å². The first-order valence-electron chi connectivity index (χ1n) is 6.50. The van der Waals surface area contributed by atoms with Crippen molar-refractivity contribution < 1.29 is 18.0 Å². The Balaban J connectivity index is 2.16. The van der Waals surface area contributed by atoms with E-state index >= 15 is 0 Å². The number of halogens is 3. The molecule has 7 heteroatoms. The number of hydrogen-bond donors (Lipinski definition) is 1. The van der Waals surface area contributed by atoms with Crippen molar-refractivity contribution in [3.05, 3.63) is 47.8 Å². The zero-order chi connectivity index (χ0) is 16.3. The number of nitrogens with zero attached hydrogens (tertiary/aromatic N) is 1. The number of aryl methyl sites for hydroxylation is 1. The molecule has 2 aromatic rings. The van der Waals surface area contributed by atoms with E-state index in [2.05, 4.69) is 5.32 Å². The molecule has 1 amide bonds. The summed E-state index contributed by atoms with van der Waals surface area (Å²) in [6.07, 6.45) is -4.25. The Kier molecular flexibility index (Phi) is 4.85. The Labute approximate surface area is 130 Å². The van der Waals surface area contributed by atoms with Gasteiger partial charge in [-0.1, -0.05) is 12.1 Å². The van der Waals surface area contributed by atoms with Crippen molar-refractivity contribution in [2.75, 3.05) is 11.1 Å². The minimum Gasteiger partial charge on any atom is -0.344 e. The van der Waals surface area contributed by atoms with E-state index in [-0.39, 0.29) is 5.91 Å². The van der Waals surface area contributed by atoms with Gasteiger partial charge in [-0.25, -0.2) is 0 Å². The molecule has 1 aromatic carbocycles. The molecule has 0 aliphatic carbocycles. The van der Waals surface area contributed by atoms with Crippen LogP contribution in [0.3, 0.4) is 0 Å². The van der Waals surface area contributed by atoms with Crippen molar-refractivity contribution in [1.29, 1.82) is 0 Å². The number of hydrogen-bond acceptors (Lipinski definition) is 2. The maximum atomic E-state index is 12.3. The van der Waals surface area contributed by atoms with Crippen LogP contribution in [0.25, 0.3) is 0 Å². The highest BCUT2D eigenvalue weighted by atomic mass is 32.2. The van der Waals surface area contributed by atoms with Crippen molar-refractivity contribution in [2.24, 2.45) is 7.05 Å². The fourth-order valence-corrected chi connectivity index (χ4v) is 2.65. The van der Waals surface area contributed by atoms with Crippen LogP contribution in [0.4, 0.5) is 18.9 Å². The fourth-order valence-electron chi connectivity index (χ4n) is 1.88. The maximum Gasteiger partial charge on any atom is 0.398 e. The third-order valence-corrected chi connectivity index (χ3v) is 4.27. The summed E-state index contributed by atoms with van der Waals surface area (Å²) in [5.41, 5.74) is 1.75. The molecule has 3 nitrogen and oxygen atoms in total. The molecular weight excluding hydrogens is 313 g/mol. The summed E-state index contributed by atoms with van der Waals surface area (Å²) in [6.45, 7) is 1.86. The fraction of sp³-hybridized carbons (Fsp3) is 0.267. The highest BCUT2D eigenvalue weighted by molar-refractivity contribution is 7.99. The van der Waals surface area contributed by atoms with Gasteiger partial charge < -0.3 is 9.88 Å². The summed E-state index contributed by atoms with van der Waals surface area (Å²) in [6, 6.07) is 9.94. The van der Waals surface area contributed by atoms with Crippen LogP contribution in [0.1, 0.15) is 16.2 Å². The minimum absolute atomic E-state index is 0.351. The summed E-state index contributed by atoms with van der Waals surface area (Å²) in [5, 5.41) is 2.67. The van der Waals surface area contributed by atoms with E-state index < -0.39 is 11.9 Å². The number of alkyl halides is 3. The predicted octanol–water partition coefficient (Wildman–Crippen LogP) is 4.24. The Morgan fingerprint density at radius 3 is 2.50 bits per heavy atom. The molecule has 1 heterocycles. The van der Waals surface area contributed by atoms with Gasteiger partial charge in [0.2, 0.25) is 0 Å². The first-order chi connectivity index (χ1) is 10.3. The number of amides is 1. The molecule has 22 heavy (non-hydrogen) atoms. The number of aromatic nitrogens is 1. The third-order valence-electron chi connectivity index (χ3n) is 3.13. The average Bonchev–Trinajstić information content (AvgIpc) is 2.77. The van der Waals surface area contributed by atoms with Gasteiger partial charge in [-0.2, -0.15) is 13.2 Å². The number of carbonyl (C=O) groups excluding carboxylic acids is 1. The van der Waals surface area contributed by atoms with Crippen LogP contribution < -0.4 is 5.32 Å². The average molecular weight is 328 g/mol. The lowest BCUT2D eigenvalue weighted by atomic mass is 10.3. The first kappa shape index (κ1) is 16.5. The predicted molar refractivity (Wildman–Crippen MR) is 81.3 cm³/mol. The molecule has 0 radical (unpaired) electrons. The monoisotopic (exact) mass is 328 g/mol. The molecule has 2 rings (SSSR count). The van der Waals surface area contributed by atoms with Crippen molar-refractivity contribution in [3.63, 3.8) is 0 Å². The van der Waals surface area contributed by atoms with Gasteiger partial charge >= 0.3 is 6.18 Å². The summed E-state index contributed by atoms with van der Waals surface area (Å²) < 4.78 is 38.8. The molecule has 118 valence electrons. The number of benzene rings is 1. The van der Waals surface area contributed by atoms with Gasteiger partial charge in [0.05, 0.1) is 11.4 Å². The standard InChI is InChI=1S/C15H15F3N2OS/c1-10-7-8-12(20(10)2)14(21)19-11-5-3-4-6-13(11)22-9-15(16,17)18/h3-8H,9H2,1-2H3,(H,19,21). The maximum absolute atomic E-state index is 12.3. The molecule has 1 aromatic heterocycles. The van der Waals surface area contributed by atoms with Gasteiger partial charge in [0.1, 0.15) is 5.69 Å². The van der Waals surface area contributed by atoms with E-state index in [0.717, 1.165) is 5.69 Å². The van der Waals surface area contributed by atoms with Crippen LogP contribution in [0.5, 0.6) is 0 Å². The number of anilines is 1. The minimum atomic E-state index is -4.25. The smallest absolute Gasteiger partial charge is 0.344 e. The molecule has 0 bridgehead atoms. The van der Waals surface area contributed by atoms with Crippen LogP contribution in [0, 0.1) is 6.92 Å². The van der Waals surface area contributed by atoms with Gasteiger partial charge in [-0.05, 0) is 31.2 Å². The second kappa shape index (κ2) is 6.48. The summed E-state index contributed by atoms with van der Waals surface area (Å²) in [5.74, 6) is -1.35. The summed E-state index contributed by atoms with van der Waals surface area (Å²) >= 11 is 0.654. The van der Waals surface area contributed by atoms with Crippen molar-refractivity contribution >= 4 is 23.4 Å². The van der Waals surface area contributed by atoms with E-state index in [1.165, 1.54) is 0 Å². The SMILES string of the molecule is Cc1ccc(C(=O)Nc2ccccc2SCC(F)(F)F)n1C. The molecule has 0 unspecified atom stereocenters. The summed E-state index contributed by atoms with van der Waals surface area (Å²) in [4.78, 5) is 12.6. The Bertz CT molecular complexity index is 680. The van der Waals surface area contributed by atoms with Crippen molar-refractivity contribution in [3.8, 4) is 0 Å². The molecular formula is C15H15F3N2OS. The molecule has 0 aliphatic heterocycles. The molecule has 0 atom stereocenters. The van der Waals surface area contributed by atoms with Gasteiger partial charge in [0, 0.05) is 17.6 Å². The summed E-state index contributed by atoms with van der Waals surface area (Å²) in [7, 11) is 1.76. The van der Waals surface area contributed by atoms with Gasteiger partial charge in [0.15, 0.2) is 0 Å². The quantitative estimate of drug-likeness (QED) is 0.852. The number of thioether (sulfide) groups is 1. The van der Waals surface area contributed by atoms with Gasteiger partial charge in [0.25, 0.3) is 5.91 Å². The Hall–Kier alpha value is -1.89. The van der Waals surface area contributed by atoms with Crippen LogP contribution in [0.15, 0.2) is 41.3 Å². The van der Waals surface area contributed by atoms with Crippen molar-refractivity contribution in [1.82, 2.24) is 4.57 Å². The normalized spacial score (nSPS) is 11.5. The lowest BCUT2D eigenvalue weighted by Crippen LogP contribution is -2.17. The highest BCUT2D eigenvalue weighted by Crippen LogP contribution is 2.32. The molecule has 0 aliphatic rings. The number of carbonyl (C=O) groups is 1. The van der Waals surface area contributed by atoms with E-state index in [1.807, 2.05) is 6.92 Å². The number of nitrogens with one attached hydrogen (secondary N) is 1. The van der Waals surface area contributed by atoms with Crippen LogP contribution in [-0.2, 0) is 7.05 Å². The molecule has 0 spiro atoms. The third kappa shape index (κ3) is 4.07. The van der Waals surface area contributed by atoms with Gasteiger partial charge in [-0.3, -0.25) is 4.79 Å². The molecule has 0 fully saturated rings. The molecule has 0 saturated heterocycles. The zero-order valence-corrected chi connectivity index (χ0v) is 12.9. The van der Waals surface area contributed by atoms with Crippen LogP contribution in [-0.4, -0.2) is 22.4 Å². The number of para-hydroxylation sites is 1.